The second-order valence-corrected chi connectivity index (χ2v) is 11.4. The molecule has 0 fully saturated rings. The Morgan fingerprint density at radius 2 is 1.88 bits per heavy atom. The number of hydrogen-bond acceptors (Lipinski definition) is 5. The van der Waals surface area contributed by atoms with Crippen molar-refractivity contribution in [2.24, 2.45) is 0 Å². The monoisotopic (exact) mass is 382 g/mol. The molecule has 0 unspecified atom stereocenters. The fraction of sp³-hybridized carbons (Fsp3) is 0.667. The van der Waals surface area contributed by atoms with Gasteiger partial charge in [0.25, 0.3) is 5.56 Å². The Kier molecular flexibility index (Phi) is 6.78. The molecule has 0 saturated heterocycles. The van der Waals surface area contributed by atoms with Crippen LogP contribution in [0.1, 0.15) is 39.5 Å². The van der Waals surface area contributed by atoms with Crippen molar-refractivity contribution in [3.05, 3.63) is 44.8 Å². The summed E-state index contributed by atoms with van der Waals surface area (Å²) in [5.74, 6) is -1.01. The van der Waals surface area contributed by atoms with Gasteiger partial charge in [-0.25, -0.2) is 4.79 Å². The molecule has 1 N–H and O–H groups in total. The molecule has 0 aromatic carbocycles. The van der Waals surface area contributed by atoms with E-state index in [0.717, 1.165) is 18.1 Å². The average Bonchev–Trinajstić information content (AvgIpc) is 3.04. The third-order valence-electron chi connectivity index (χ3n) is 5.16. The number of aromatic nitrogens is 2. The SMILES string of the molecule is CCO[C@@]1(CO[Si](CC)(CC)CC)C=C[C@@H](n2cc(C)c(=O)[nH]c2=O)O1. The summed E-state index contributed by atoms with van der Waals surface area (Å²) in [4.78, 5) is 26.0. The van der Waals surface area contributed by atoms with E-state index in [2.05, 4.69) is 25.8 Å². The van der Waals surface area contributed by atoms with E-state index in [4.69, 9.17) is 13.9 Å². The maximum atomic E-state index is 12.1. The quantitative estimate of drug-likeness (QED) is 0.524. The van der Waals surface area contributed by atoms with Crippen LogP contribution in [-0.4, -0.2) is 36.9 Å². The summed E-state index contributed by atoms with van der Waals surface area (Å²) < 4.78 is 19.7. The van der Waals surface area contributed by atoms with Crippen LogP contribution in [-0.2, 0) is 13.9 Å². The molecule has 0 spiro atoms. The van der Waals surface area contributed by atoms with Crippen molar-refractivity contribution in [2.75, 3.05) is 13.2 Å². The summed E-state index contributed by atoms with van der Waals surface area (Å²) >= 11 is 0. The van der Waals surface area contributed by atoms with Crippen LogP contribution >= 0.6 is 0 Å². The van der Waals surface area contributed by atoms with Crippen molar-refractivity contribution in [2.45, 2.75) is 64.8 Å². The molecular weight excluding hydrogens is 352 g/mol. The van der Waals surface area contributed by atoms with Crippen LogP contribution in [0.15, 0.2) is 27.9 Å². The van der Waals surface area contributed by atoms with E-state index in [9.17, 15) is 9.59 Å². The number of nitrogens with one attached hydrogen (secondary N) is 1. The van der Waals surface area contributed by atoms with Gasteiger partial charge in [0.1, 0.15) is 0 Å². The first-order valence-electron chi connectivity index (χ1n) is 9.31. The highest BCUT2D eigenvalue weighted by atomic mass is 28.4. The fourth-order valence-electron chi connectivity index (χ4n) is 3.20. The summed E-state index contributed by atoms with van der Waals surface area (Å²) in [5, 5.41) is 0. The van der Waals surface area contributed by atoms with E-state index in [1.165, 1.54) is 10.8 Å². The van der Waals surface area contributed by atoms with Crippen LogP contribution in [0, 0.1) is 6.92 Å². The lowest BCUT2D eigenvalue weighted by molar-refractivity contribution is -0.234. The lowest BCUT2D eigenvalue weighted by Gasteiger charge is -2.35. The largest absolute Gasteiger partial charge is 0.411 e. The van der Waals surface area contributed by atoms with Gasteiger partial charge in [0.15, 0.2) is 14.5 Å². The Morgan fingerprint density at radius 1 is 1.23 bits per heavy atom. The number of nitrogens with zero attached hydrogens (tertiary/aromatic N) is 1. The molecule has 1 aromatic heterocycles. The zero-order valence-electron chi connectivity index (χ0n) is 16.3. The molecule has 0 amide bonds. The van der Waals surface area contributed by atoms with Crippen LogP contribution in [0.2, 0.25) is 18.1 Å². The highest BCUT2D eigenvalue weighted by Crippen LogP contribution is 2.33. The second kappa shape index (κ2) is 8.47. The molecule has 7 nitrogen and oxygen atoms in total. The summed E-state index contributed by atoms with van der Waals surface area (Å²) in [7, 11) is -1.80. The first kappa shape index (κ1) is 20.8. The third kappa shape index (κ3) is 4.25. The van der Waals surface area contributed by atoms with Crippen molar-refractivity contribution in [1.82, 2.24) is 9.55 Å². The summed E-state index contributed by atoms with van der Waals surface area (Å²) in [6.45, 7) is 10.8. The lowest BCUT2D eigenvalue weighted by atomic mass is 10.3. The molecule has 2 heterocycles. The Bertz CT molecular complexity index is 744. The minimum Gasteiger partial charge on any atom is -0.411 e. The normalized spacial score (nSPS) is 22.9. The number of aromatic amines is 1. The van der Waals surface area contributed by atoms with Gasteiger partial charge in [-0.15, -0.1) is 0 Å². The number of hydrogen-bond donors (Lipinski definition) is 1. The van der Waals surface area contributed by atoms with Gasteiger partial charge < -0.3 is 13.9 Å². The van der Waals surface area contributed by atoms with Gasteiger partial charge in [0, 0.05) is 18.4 Å². The molecular formula is C18H30N2O5Si. The third-order valence-corrected chi connectivity index (χ3v) is 9.78. The van der Waals surface area contributed by atoms with Gasteiger partial charge in [-0.1, -0.05) is 20.8 Å². The van der Waals surface area contributed by atoms with Gasteiger partial charge in [-0.3, -0.25) is 14.3 Å². The van der Waals surface area contributed by atoms with Gasteiger partial charge in [0.2, 0.25) is 5.79 Å². The number of ether oxygens (including phenoxy) is 2. The van der Waals surface area contributed by atoms with Crippen LogP contribution in [0.4, 0.5) is 0 Å². The molecule has 0 bridgehead atoms. The molecule has 1 aromatic rings. The molecule has 2 rings (SSSR count). The second-order valence-electron chi connectivity index (χ2n) is 6.62. The van der Waals surface area contributed by atoms with E-state index >= 15 is 0 Å². The molecule has 146 valence electrons. The van der Waals surface area contributed by atoms with E-state index < -0.39 is 31.6 Å². The first-order valence-corrected chi connectivity index (χ1v) is 11.8. The summed E-state index contributed by atoms with van der Waals surface area (Å²) in [6, 6.07) is 3.11. The van der Waals surface area contributed by atoms with Crippen molar-refractivity contribution in [3.8, 4) is 0 Å². The van der Waals surface area contributed by atoms with E-state index in [0.29, 0.717) is 18.8 Å². The molecule has 1 aliphatic heterocycles. The van der Waals surface area contributed by atoms with E-state index in [-0.39, 0.29) is 0 Å². The molecule has 0 saturated carbocycles. The van der Waals surface area contributed by atoms with Crippen molar-refractivity contribution >= 4 is 8.32 Å². The Hall–Kier alpha value is -1.48. The summed E-state index contributed by atoms with van der Waals surface area (Å²) in [5.41, 5.74) is -0.457. The minimum absolute atomic E-state index is 0.298. The highest BCUT2D eigenvalue weighted by molar-refractivity contribution is 6.73. The molecule has 2 atom stereocenters. The van der Waals surface area contributed by atoms with Gasteiger partial charge in [-0.2, -0.15) is 0 Å². The lowest BCUT2D eigenvalue weighted by Crippen LogP contribution is -2.45. The fourth-order valence-corrected chi connectivity index (χ4v) is 5.82. The first-order chi connectivity index (χ1) is 12.3. The van der Waals surface area contributed by atoms with Crippen molar-refractivity contribution in [1.29, 1.82) is 0 Å². The van der Waals surface area contributed by atoms with Crippen LogP contribution in [0.3, 0.4) is 0 Å². The predicted molar refractivity (Wildman–Crippen MR) is 103 cm³/mol. The Balaban J connectivity index is 2.22. The molecule has 8 heteroatoms. The standard InChI is InChI=1S/C18H30N2O5Si/c1-6-23-18(13-24-26(7-2,8-3)9-4)11-10-15(25-18)20-12-14(5)16(21)19-17(20)22/h10-12,15H,6-9,13H2,1-5H3,(H,19,21,22)/t15-,18-/m0/s1. The number of H-pyrrole nitrogens is 1. The average molecular weight is 383 g/mol. The van der Waals surface area contributed by atoms with E-state index in [1.807, 2.05) is 13.0 Å². The summed E-state index contributed by atoms with van der Waals surface area (Å²) in [6.07, 6.45) is 4.44. The Labute approximate surface area is 155 Å². The van der Waals surface area contributed by atoms with Gasteiger partial charge in [-0.05, 0) is 44.1 Å². The molecule has 26 heavy (non-hydrogen) atoms. The predicted octanol–water partition coefficient (Wildman–Crippen LogP) is 2.68. The van der Waals surface area contributed by atoms with Crippen LogP contribution in [0.5, 0.6) is 0 Å². The van der Waals surface area contributed by atoms with Gasteiger partial charge in [0.05, 0.1) is 6.61 Å². The van der Waals surface area contributed by atoms with Crippen molar-refractivity contribution in [3.63, 3.8) is 0 Å². The van der Waals surface area contributed by atoms with Crippen LogP contribution in [0.25, 0.3) is 0 Å². The molecule has 0 radical (unpaired) electrons. The highest BCUT2D eigenvalue weighted by Gasteiger charge is 2.41. The van der Waals surface area contributed by atoms with Gasteiger partial charge >= 0.3 is 5.69 Å². The molecule has 1 aliphatic rings. The number of rotatable bonds is 9. The number of aryl methyl sites for hydroxylation is 1. The Morgan fingerprint density at radius 3 is 2.46 bits per heavy atom. The maximum absolute atomic E-state index is 12.1. The zero-order valence-corrected chi connectivity index (χ0v) is 17.3. The van der Waals surface area contributed by atoms with Crippen LogP contribution < -0.4 is 11.2 Å². The zero-order chi connectivity index (χ0) is 19.4. The minimum atomic E-state index is -1.80. The van der Waals surface area contributed by atoms with E-state index in [1.54, 1.807) is 13.0 Å². The van der Waals surface area contributed by atoms with Crippen molar-refractivity contribution < 1.29 is 13.9 Å². The topological polar surface area (TPSA) is 82.5 Å². The maximum Gasteiger partial charge on any atom is 0.330 e. The smallest absolute Gasteiger partial charge is 0.330 e. The molecule has 0 aliphatic carbocycles.